The fraction of sp³-hybridized carbons (Fsp3) is 0.739. The molecule has 1 saturated heterocycles. The van der Waals surface area contributed by atoms with E-state index in [1.807, 2.05) is 6.92 Å². The summed E-state index contributed by atoms with van der Waals surface area (Å²) in [6.07, 6.45) is -0.588. The van der Waals surface area contributed by atoms with Crippen LogP contribution in [-0.4, -0.2) is 44.5 Å². The Labute approximate surface area is 204 Å². The van der Waals surface area contributed by atoms with Gasteiger partial charge in [-0.1, -0.05) is 59.7 Å². The molecule has 0 saturated carbocycles. The van der Waals surface area contributed by atoms with Gasteiger partial charge in [0, 0.05) is 11.2 Å². The normalized spacial score (nSPS) is 24.8. The van der Waals surface area contributed by atoms with Crippen molar-refractivity contribution in [2.75, 3.05) is 0 Å². The Balaban J connectivity index is 2.63. The zero-order valence-corrected chi connectivity index (χ0v) is 24.7. The number of aromatic amines is 1. The number of aromatic nitrogens is 2. The average molecular weight is 517 g/mol. The highest BCUT2D eigenvalue weighted by Gasteiger charge is 2.53. The number of H-pyrrole nitrogens is 1. The molecule has 0 unspecified atom stereocenters. The second kappa shape index (κ2) is 9.24. The van der Waals surface area contributed by atoms with Gasteiger partial charge in [-0.25, -0.2) is 4.79 Å². The monoisotopic (exact) mass is 516 g/mol. The Morgan fingerprint density at radius 1 is 1.03 bits per heavy atom. The Kier molecular flexibility index (Phi) is 7.91. The standard InChI is InChI=1S/C23H41ClN2O5Si2/c1-14(24)16-13-26(21(28)25-19(16)27)20-18(31-33(11,12)23(6,7)8)17(15(2)29-20)30-32(9,10)22(3,4)5/h13,15,17-18,20H,1H2,2-12H3,(H,25,27,28)/t15-,17-,18-,20-/m1/s1. The molecule has 0 aliphatic carbocycles. The average Bonchev–Trinajstić information content (AvgIpc) is 2.88. The van der Waals surface area contributed by atoms with Gasteiger partial charge in [-0.15, -0.1) is 0 Å². The minimum Gasteiger partial charge on any atom is -0.409 e. The van der Waals surface area contributed by atoms with Gasteiger partial charge < -0.3 is 13.6 Å². The smallest absolute Gasteiger partial charge is 0.330 e. The van der Waals surface area contributed by atoms with Gasteiger partial charge in [0.05, 0.1) is 11.7 Å². The van der Waals surface area contributed by atoms with Crippen LogP contribution in [0.4, 0.5) is 0 Å². The summed E-state index contributed by atoms with van der Waals surface area (Å²) in [6.45, 7) is 27.4. The second-order valence-corrected chi connectivity index (χ2v) is 22.0. The molecular formula is C23H41ClN2O5Si2. The Bertz CT molecular complexity index is 1000. The van der Waals surface area contributed by atoms with E-state index < -0.39 is 40.2 Å². The summed E-state index contributed by atoms with van der Waals surface area (Å²) in [5.41, 5.74) is -1.05. The SMILES string of the molecule is C=C(Cl)c1cn([C@@H]2O[C@H](C)[C@@H](O[Si](C)(C)C(C)(C)C)[C@H]2O[Si](C)(C)C(C)(C)C)c(=O)[nH]c1=O. The van der Waals surface area contributed by atoms with E-state index in [9.17, 15) is 9.59 Å². The zero-order chi connectivity index (χ0) is 25.7. The second-order valence-electron chi connectivity index (χ2n) is 12.0. The van der Waals surface area contributed by atoms with Gasteiger partial charge in [-0.05, 0) is 43.2 Å². The first kappa shape index (κ1) is 28.3. The van der Waals surface area contributed by atoms with Crippen molar-refractivity contribution in [3.8, 4) is 0 Å². The van der Waals surface area contributed by atoms with Crippen molar-refractivity contribution in [2.24, 2.45) is 0 Å². The first-order valence-corrected chi connectivity index (χ1v) is 17.6. The number of hydrogen-bond donors (Lipinski definition) is 1. The van der Waals surface area contributed by atoms with Gasteiger partial charge in [0.1, 0.15) is 12.2 Å². The Morgan fingerprint density at radius 2 is 1.48 bits per heavy atom. The number of ether oxygens (including phenoxy) is 1. The lowest BCUT2D eigenvalue weighted by Crippen LogP contribution is -2.53. The lowest BCUT2D eigenvalue weighted by atomic mass is 10.1. The predicted molar refractivity (Wildman–Crippen MR) is 140 cm³/mol. The highest BCUT2D eigenvalue weighted by atomic mass is 35.5. The number of nitrogens with one attached hydrogen (secondary N) is 1. The molecule has 2 rings (SSSR count). The van der Waals surface area contributed by atoms with Crippen LogP contribution in [-0.2, 0) is 13.6 Å². The molecule has 1 N–H and O–H groups in total. The van der Waals surface area contributed by atoms with Crippen LogP contribution >= 0.6 is 11.6 Å². The number of halogens is 1. The summed E-state index contributed by atoms with van der Waals surface area (Å²) in [5.74, 6) is 0. The van der Waals surface area contributed by atoms with Crippen LogP contribution in [0.3, 0.4) is 0 Å². The highest BCUT2D eigenvalue weighted by Crippen LogP contribution is 2.45. The molecule has 10 heteroatoms. The Hall–Kier alpha value is -0.976. The van der Waals surface area contributed by atoms with Crippen molar-refractivity contribution in [3.63, 3.8) is 0 Å². The van der Waals surface area contributed by atoms with Crippen LogP contribution in [0.1, 0.15) is 60.3 Å². The van der Waals surface area contributed by atoms with E-state index in [4.69, 9.17) is 25.2 Å². The van der Waals surface area contributed by atoms with Crippen LogP contribution in [0.5, 0.6) is 0 Å². The van der Waals surface area contributed by atoms with Crippen molar-refractivity contribution in [1.82, 2.24) is 9.55 Å². The third-order valence-corrected chi connectivity index (χ3v) is 16.6. The third-order valence-electron chi connectivity index (χ3n) is 7.43. The number of nitrogens with zero attached hydrogens (tertiary/aromatic N) is 1. The zero-order valence-electron chi connectivity index (χ0n) is 22.0. The van der Waals surface area contributed by atoms with E-state index in [1.54, 1.807) is 0 Å². The summed E-state index contributed by atoms with van der Waals surface area (Å²) in [7, 11) is -4.46. The topological polar surface area (TPSA) is 82.6 Å². The molecule has 1 fully saturated rings. The molecule has 1 aromatic heterocycles. The molecule has 0 aromatic carbocycles. The van der Waals surface area contributed by atoms with Crippen LogP contribution < -0.4 is 11.2 Å². The third kappa shape index (κ3) is 5.82. The van der Waals surface area contributed by atoms with Crippen LogP contribution in [0, 0.1) is 0 Å². The predicted octanol–water partition coefficient (Wildman–Crippen LogP) is 5.44. The van der Waals surface area contributed by atoms with Gasteiger partial charge in [0.25, 0.3) is 5.56 Å². The van der Waals surface area contributed by atoms with Crippen molar-refractivity contribution in [1.29, 1.82) is 0 Å². The van der Waals surface area contributed by atoms with Gasteiger partial charge >= 0.3 is 5.69 Å². The molecule has 1 aliphatic heterocycles. The molecule has 7 nitrogen and oxygen atoms in total. The number of hydrogen-bond acceptors (Lipinski definition) is 5. The minimum atomic E-state index is -2.28. The molecule has 0 amide bonds. The molecular weight excluding hydrogens is 476 g/mol. The summed E-state index contributed by atoms with van der Waals surface area (Å²) in [4.78, 5) is 27.4. The lowest BCUT2D eigenvalue weighted by Gasteiger charge is -2.44. The van der Waals surface area contributed by atoms with Crippen molar-refractivity contribution in [3.05, 3.63) is 39.2 Å². The van der Waals surface area contributed by atoms with Gasteiger partial charge in [-0.3, -0.25) is 14.3 Å². The minimum absolute atomic E-state index is 0.00924. The fourth-order valence-corrected chi connectivity index (χ4v) is 6.00. The lowest BCUT2D eigenvalue weighted by molar-refractivity contribution is -0.0312. The quantitative estimate of drug-likeness (QED) is 0.508. The summed E-state index contributed by atoms with van der Waals surface area (Å²) in [5, 5.41) is -0.0202. The fourth-order valence-electron chi connectivity index (χ4n) is 3.22. The first-order chi connectivity index (χ1) is 14.7. The first-order valence-electron chi connectivity index (χ1n) is 11.4. The molecule has 188 valence electrons. The summed E-state index contributed by atoms with van der Waals surface area (Å²) >= 11 is 6.02. The van der Waals surface area contributed by atoms with Crippen molar-refractivity contribution < 1.29 is 13.6 Å². The van der Waals surface area contributed by atoms with Gasteiger partial charge in [-0.2, -0.15) is 0 Å². The van der Waals surface area contributed by atoms with E-state index >= 15 is 0 Å². The van der Waals surface area contributed by atoms with E-state index in [-0.39, 0.29) is 32.9 Å². The van der Waals surface area contributed by atoms with Crippen LogP contribution in [0.15, 0.2) is 22.4 Å². The molecule has 33 heavy (non-hydrogen) atoms. The molecule has 1 aliphatic rings. The van der Waals surface area contributed by atoms with E-state index in [2.05, 4.69) is 79.3 Å². The van der Waals surface area contributed by atoms with Crippen LogP contribution in [0.25, 0.3) is 5.03 Å². The maximum Gasteiger partial charge on any atom is 0.330 e. The maximum atomic E-state index is 12.8. The largest absolute Gasteiger partial charge is 0.409 e. The summed E-state index contributed by atoms with van der Waals surface area (Å²) < 4.78 is 21.3. The maximum absolute atomic E-state index is 12.8. The van der Waals surface area contributed by atoms with Crippen LogP contribution in [0.2, 0.25) is 36.3 Å². The molecule has 2 heterocycles. The van der Waals surface area contributed by atoms with Crippen molar-refractivity contribution >= 4 is 33.3 Å². The number of rotatable bonds is 6. The van der Waals surface area contributed by atoms with E-state index in [0.717, 1.165) is 0 Å². The highest BCUT2D eigenvalue weighted by molar-refractivity contribution is 6.74. The molecule has 1 aromatic rings. The van der Waals surface area contributed by atoms with Crippen molar-refractivity contribution in [2.45, 2.75) is 109 Å². The van der Waals surface area contributed by atoms with Gasteiger partial charge in [0.2, 0.25) is 0 Å². The molecule has 4 atom stereocenters. The Morgan fingerprint density at radius 3 is 1.91 bits per heavy atom. The molecule has 0 bridgehead atoms. The summed E-state index contributed by atoms with van der Waals surface area (Å²) in [6, 6.07) is 0. The molecule has 0 spiro atoms. The molecule has 0 radical (unpaired) electrons. The van der Waals surface area contributed by atoms with E-state index in [1.165, 1.54) is 10.8 Å². The van der Waals surface area contributed by atoms with E-state index in [0.29, 0.717) is 0 Å². The van der Waals surface area contributed by atoms with Gasteiger partial charge in [0.15, 0.2) is 22.9 Å².